The van der Waals surface area contributed by atoms with Gasteiger partial charge in [-0.3, -0.25) is 4.79 Å². The monoisotopic (exact) mass is 320 g/mol. The second-order valence-electron chi connectivity index (χ2n) is 5.15. The maximum Gasteiger partial charge on any atom is 0.262 e. The topological polar surface area (TPSA) is 66.0 Å². The van der Waals surface area contributed by atoms with Crippen molar-refractivity contribution in [3.8, 4) is 17.0 Å². The fourth-order valence-corrected chi connectivity index (χ4v) is 2.56. The molecule has 1 aliphatic carbocycles. The fourth-order valence-electron chi connectivity index (χ4n) is 2.08. The Morgan fingerprint density at radius 2 is 2.05 bits per heavy atom. The highest BCUT2D eigenvalue weighted by molar-refractivity contribution is 9.10. The Morgan fingerprint density at radius 1 is 1.37 bits per heavy atom. The van der Waals surface area contributed by atoms with Crippen LogP contribution in [-0.2, 0) is 5.41 Å². The number of hydrogen-bond acceptors (Lipinski definition) is 3. The molecule has 0 atom stereocenters. The van der Waals surface area contributed by atoms with Gasteiger partial charge in [0.2, 0.25) is 5.88 Å². The third kappa shape index (κ3) is 2.08. The van der Waals surface area contributed by atoms with Gasteiger partial charge < -0.3 is 10.1 Å². The van der Waals surface area contributed by atoms with Crippen LogP contribution in [0, 0.1) is 0 Å². The van der Waals surface area contributed by atoms with Gasteiger partial charge in [-0.05, 0) is 18.9 Å². The summed E-state index contributed by atoms with van der Waals surface area (Å²) in [6, 6.07) is 7.26. The molecular weight excluding hydrogens is 308 g/mol. The number of nitrogens with zero attached hydrogens (tertiary/aromatic N) is 1. The van der Waals surface area contributed by atoms with Crippen molar-refractivity contribution in [2.24, 2.45) is 0 Å². The van der Waals surface area contributed by atoms with Gasteiger partial charge in [0.1, 0.15) is 11.4 Å². The summed E-state index contributed by atoms with van der Waals surface area (Å²) in [5, 5.41) is 10.1. The number of hydrogen-bond donors (Lipinski definition) is 2. The van der Waals surface area contributed by atoms with Crippen molar-refractivity contribution in [3.05, 3.63) is 44.9 Å². The molecule has 1 aliphatic rings. The lowest BCUT2D eigenvalue weighted by Crippen LogP contribution is -2.18. The number of aromatic amines is 1. The summed E-state index contributed by atoms with van der Waals surface area (Å²) < 4.78 is 0.753. The van der Waals surface area contributed by atoms with Crippen molar-refractivity contribution in [2.45, 2.75) is 25.2 Å². The maximum atomic E-state index is 12.2. The van der Waals surface area contributed by atoms with E-state index >= 15 is 0 Å². The second-order valence-corrected chi connectivity index (χ2v) is 6.01. The van der Waals surface area contributed by atoms with Crippen LogP contribution in [0.1, 0.15) is 25.6 Å². The van der Waals surface area contributed by atoms with Crippen LogP contribution >= 0.6 is 15.9 Å². The SMILES string of the molecule is CC1(c2nc(O)c(-c3ccccc3Br)c(=O)[nH]2)CC1. The zero-order chi connectivity index (χ0) is 13.6. The smallest absolute Gasteiger partial charge is 0.262 e. The van der Waals surface area contributed by atoms with E-state index in [0.717, 1.165) is 17.3 Å². The van der Waals surface area contributed by atoms with E-state index in [1.165, 1.54) is 0 Å². The number of aromatic nitrogens is 2. The van der Waals surface area contributed by atoms with E-state index in [0.29, 0.717) is 11.4 Å². The zero-order valence-corrected chi connectivity index (χ0v) is 12.0. The zero-order valence-electron chi connectivity index (χ0n) is 10.4. The van der Waals surface area contributed by atoms with Crippen molar-refractivity contribution in [1.29, 1.82) is 0 Å². The van der Waals surface area contributed by atoms with Gasteiger partial charge in [0.05, 0.1) is 0 Å². The Morgan fingerprint density at radius 3 is 2.63 bits per heavy atom. The molecule has 0 radical (unpaired) electrons. The van der Waals surface area contributed by atoms with E-state index in [1.54, 1.807) is 6.07 Å². The minimum absolute atomic E-state index is 0.0803. The van der Waals surface area contributed by atoms with Gasteiger partial charge in [0.15, 0.2) is 0 Å². The molecule has 0 bridgehead atoms. The number of halogens is 1. The van der Waals surface area contributed by atoms with E-state index < -0.39 is 0 Å². The molecule has 1 aromatic carbocycles. The van der Waals surface area contributed by atoms with Crippen molar-refractivity contribution in [1.82, 2.24) is 9.97 Å². The quantitative estimate of drug-likeness (QED) is 0.894. The summed E-state index contributed by atoms with van der Waals surface area (Å²) in [4.78, 5) is 19.2. The molecule has 0 aliphatic heterocycles. The maximum absolute atomic E-state index is 12.2. The summed E-state index contributed by atoms with van der Waals surface area (Å²) >= 11 is 3.38. The van der Waals surface area contributed by atoms with Crippen molar-refractivity contribution in [3.63, 3.8) is 0 Å². The van der Waals surface area contributed by atoms with E-state index in [4.69, 9.17) is 0 Å². The molecule has 98 valence electrons. The van der Waals surface area contributed by atoms with Crippen LogP contribution in [0.3, 0.4) is 0 Å². The average molecular weight is 321 g/mol. The minimum atomic E-state index is -0.303. The van der Waals surface area contributed by atoms with Gasteiger partial charge in [-0.25, -0.2) is 0 Å². The first-order valence-corrected chi connectivity index (χ1v) is 6.89. The number of nitrogens with one attached hydrogen (secondary N) is 1. The van der Waals surface area contributed by atoms with Gasteiger partial charge >= 0.3 is 0 Å². The van der Waals surface area contributed by atoms with Crippen LogP contribution in [0.5, 0.6) is 5.88 Å². The highest BCUT2D eigenvalue weighted by atomic mass is 79.9. The number of rotatable bonds is 2. The predicted molar refractivity (Wildman–Crippen MR) is 76.2 cm³/mol. The lowest BCUT2D eigenvalue weighted by Gasteiger charge is -2.11. The first kappa shape index (κ1) is 12.4. The lowest BCUT2D eigenvalue weighted by molar-refractivity contribution is 0.446. The van der Waals surface area contributed by atoms with E-state index in [9.17, 15) is 9.90 Å². The van der Waals surface area contributed by atoms with E-state index in [2.05, 4.69) is 25.9 Å². The summed E-state index contributed by atoms with van der Waals surface area (Å²) in [6.45, 7) is 2.03. The predicted octanol–water partition coefficient (Wildman–Crippen LogP) is 2.96. The number of benzene rings is 1. The molecule has 0 saturated heterocycles. The van der Waals surface area contributed by atoms with Crippen LogP contribution < -0.4 is 5.56 Å². The summed E-state index contributed by atoms with van der Waals surface area (Å²) in [5.74, 6) is 0.365. The van der Waals surface area contributed by atoms with Gasteiger partial charge in [0, 0.05) is 15.5 Å². The Labute approximate surface area is 118 Å². The first-order chi connectivity index (χ1) is 9.01. The molecule has 0 spiro atoms. The first-order valence-electron chi connectivity index (χ1n) is 6.10. The molecule has 1 fully saturated rings. The van der Waals surface area contributed by atoms with Crippen molar-refractivity contribution >= 4 is 15.9 Å². The van der Waals surface area contributed by atoms with E-state index in [1.807, 2.05) is 25.1 Å². The number of H-pyrrole nitrogens is 1. The Bertz CT molecular complexity index is 705. The molecule has 1 saturated carbocycles. The number of aromatic hydroxyl groups is 1. The van der Waals surface area contributed by atoms with Crippen LogP contribution in [0.2, 0.25) is 0 Å². The highest BCUT2D eigenvalue weighted by Gasteiger charge is 2.42. The largest absolute Gasteiger partial charge is 0.493 e. The molecule has 0 amide bonds. The van der Waals surface area contributed by atoms with E-state index in [-0.39, 0.29) is 22.4 Å². The minimum Gasteiger partial charge on any atom is -0.493 e. The van der Waals surface area contributed by atoms with Crippen molar-refractivity contribution < 1.29 is 5.11 Å². The molecule has 19 heavy (non-hydrogen) atoms. The van der Waals surface area contributed by atoms with Crippen LogP contribution in [-0.4, -0.2) is 15.1 Å². The third-order valence-corrected chi connectivity index (χ3v) is 4.31. The summed E-state index contributed by atoms with van der Waals surface area (Å²) in [6.07, 6.45) is 1.98. The molecule has 1 heterocycles. The van der Waals surface area contributed by atoms with Gasteiger partial charge in [-0.15, -0.1) is 0 Å². The van der Waals surface area contributed by atoms with Crippen LogP contribution in [0.25, 0.3) is 11.1 Å². The lowest BCUT2D eigenvalue weighted by atomic mass is 10.1. The standard InChI is InChI=1S/C14H13BrN2O2/c1-14(6-7-14)13-16-11(18)10(12(19)17-13)8-4-2-3-5-9(8)15/h2-5H,6-7H2,1H3,(H2,16,17,18,19). The Kier molecular flexibility index (Phi) is 2.74. The molecule has 4 nitrogen and oxygen atoms in total. The average Bonchev–Trinajstić information content (AvgIpc) is 3.10. The summed E-state index contributed by atoms with van der Waals surface area (Å²) in [7, 11) is 0. The van der Waals surface area contributed by atoms with Crippen molar-refractivity contribution in [2.75, 3.05) is 0 Å². The molecule has 2 N–H and O–H groups in total. The molecule has 1 aromatic heterocycles. The highest BCUT2D eigenvalue weighted by Crippen LogP contribution is 2.46. The Hall–Kier alpha value is -1.62. The van der Waals surface area contributed by atoms with Gasteiger partial charge in [-0.1, -0.05) is 41.1 Å². The molecular formula is C14H13BrN2O2. The normalized spacial score (nSPS) is 16.3. The molecule has 3 rings (SSSR count). The Balaban J connectivity index is 2.19. The molecule has 5 heteroatoms. The summed E-state index contributed by atoms with van der Waals surface area (Å²) in [5.41, 5.74) is 0.465. The molecule has 0 unspecified atom stereocenters. The second kappa shape index (κ2) is 4.20. The van der Waals surface area contributed by atoms with Gasteiger partial charge in [-0.2, -0.15) is 4.98 Å². The molecule has 2 aromatic rings. The van der Waals surface area contributed by atoms with Crippen LogP contribution in [0.4, 0.5) is 0 Å². The third-order valence-electron chi connectivity index (χ3n) is 3.62. The van der Waals surface area contributed by atoms with Crippen LogP contribution in [0.15, 0.2) is 33.5 Å². The fraction of sp³-hybridized carbons (Fsp3) is 0.286. The van der Waals surface area contributed by atoms with Gasteiger partial charge in [0.25, 0.3) is 5.56 Å².